The maximum Gasteiger partial charge on any atom is 0.162 e. The number of nitriles is 1. The molecule has 0 saturated heterocycles. The third kappa shape index (κ3) is 1.36. The summed E-state index contributed by atoms with van der Waals surface area (Å²) in [6.45, 7) is 0. The van der Waals surface area contributed by atoms with Crippen molar-refractivity contribution in [2.45, 2.75) is 0 Å². The normalized spacial score (nSPS) is 9.58. The largest absolute Gasteiger partial charge is 0.204 e. The molecule has 0 heterocycles. The summed E-state index contributed by atoms with van der Waals surface area (Å²) in [6, 6.07) is 2.24. The van der Waals surface area contributed by atoms with E-state index in [4.69, 9.17) is 28.5 Å². The summed E-state index contributed by atoms with van der Waals surface area (Å²) >= 11 is 10.6. The fraction of sp³-hybridized carbons (Fsp3) is 0. The van der Waals surface area contributed by atoms with Crippen molar-refractivity contribution < 1.29 is 8.78 Å². The van der Waals surface area contributed by atoms with Crippen molar-refractivity contribution in [2.24, 2.45) is 0 Å². The minimum absolute atomic E-state index is 0.363. The van der Waals surface area contributed by atoms with E-state index in [2.05, 4.69) is 0 Å². The van der Waals surface area contributed by atoms with E-state index in [0.29, 0.717) is 0 Å². The summed E-state index contributed by atoms with van der Waals surface area (Å²) in [5.74, 6) is -2.16. The van der Waals surface area contributed by atoms with E-state index in [1.165, 1.54) is 6.07 Å². The van der Waals surface area contributed by atoms with Crippen molar-refractivity contribution in [1.29, 1.82) is 5.26 Å². The topological polar surface area (TPSA) is 23.8 Å². The Balaban J connectivity index is 3.56. The lowest BCUT2D eigenvalue weighted by Gasteiger charge is -1.99. The van der Waals surface area contributed by atoms with Crippen LogP contribution in [0.2, 0.25) is 10.0 Å². The van der Waals surface area contributed by atoms with E-state index in [9.17, 15) is 8.78 Å². The summed E-state index contributed by atoms with van der Waals surface area (Å²) in [7, 11) is 0. The number of nitrogens with zero attached hydrogens (tertiary/aromatic N) is 1. The molecule has 0 aliphatic rings. The van der Waals surface area contributed by atoms with Crippen molar-refractivity contribution in [3.8, 4) is 6.07 Å². The standard InChI is InChI=1S/C7HCl2F2N/c8-4-1-5(9)7(11)3(2-12)6(4)10/h1H. The predicted molar refractivity (Wildman–Crippen MR) is 41.1 cm³/mol. The van der Waals surface area contributed by atoms with Crippen LogP contribution in [-0.2, 0) is 0 Å². The van der Waals surface area contributed by atoms with E-state index in [1.54, 1.807) is 0 Å². The Bertz CT molecular complexity index is 344. The molecule has 0 fully saturated rings. The van der Waals surface area contributed by atoms with Crippen LogP contribution in [0.1, 0.15) is 5.56 Å². The van der Waals surface area contributed by atoms with Crippen molar-refractivity contribution in [1.82, 2.24) is 0 Å². The highest BCUT2D eigenvalue weighted by molar-refractivity contribution is 6.34. The molecule has 5 heteroatoms. The van der Waals surface area contributed by atoms with E-state index in [0.717, 1.165) is 6.07 Å². The molecule has 12 heavy (non-hydrogen) atoms. The Morgan fingerprint density at radius 3 is 1.92 bits per heavy atom. The zero-order valence-electron chi connectivity index (χ0n) is 5.54. The maximum atomic E-state index is 12.8. The van der Waals surface area contributed by atoms with Gasteiger partial charge >= 0.3 is 0 Å². The lowest BCUT2D eigenvalue weighted by atomic mass is 10.2. The van der Waals surface area contributed by atoms with Crippen LogP contribution in [0, 0.1) is 23.0 Å². The Hall–Kier alpha value is -0.850. The summed E-state index contributed by atoms with van der Waals surface area (Å²) in [4.78, 5) is 0. The minimum Gasteiger partial charge on any atom is -0.204 e. The van der Waals surface area contributed by atoms with E-state index in [-0.39, 0.29) is 10.0 Å². The fourth-order valence-corrected chi connectivity index (χ4v) is 1.13. The number of halogens is 4. The molecule has 0 saturated carbocycles. The van der Waals surface area contributed by atoms with Gasteiger partial charge in [-0.2, -0.15) is 5.26 Å². The van der Waals surface area contributed by atoms with Gasteiger partial charge in [-0.1, -0.05) is 23.2 Å². The van der Waals surface area contributed by atoms with Gasteiger partial charge in [0.1, 0.15) is 11.6 Å². The lowest BCUT2D eigenvalue weighted by molar-refractivity contribution is 0.577. The van der Waals surface area contributed by atoms with Gasteiger partial charge in [-0.05, 0) is 6.07 Å². The Kier molecular flexibility index (Phi) is 2.51. The van der Waals surface area contributed by atoms with Crippen LogP contribution in [-0.4, -0.2) is 0 Å². The number of hydrogen-bond acceptors (Lipinski definition) is 1. The molecule has 0 spiro atoms. The van der Waals surface area contributed by atoms with Gasteiger partial charge in [0.25, 0.3) is 0 Å². The first-order chi connectivity index (χ1) is 5.57. The molecule has 0 atom stereocenters. The predicted octanol–water partition coefficient (Wildman–Crippen LogP) is 3.14. The van der Waals surface area contributed by atoms with Crippen LogP contribution < -0.4 is 0 Å². The Morgan fingerprint density at radius 1 is 1.17 bits per heavy atom. The Labute approximate surface area is 77.1 Å². The fourth-order valence-electron chi connectivity index (χ4n) is 0.671. The molecule has 1 aromatic rings. The van der Waals surface area contributed by atoms with E-state index < -0.39 is 17.2 Å². The monoisotopic (exact) mass is 207 g/mol. The molecule has 0 N–H and O–H groups in total. The van der Waals surface area contributed by atoms with Crippen LogP contribution in [0.15, 0.2) is 6.07 Å². The molecule has 0 amide bonds. The molecule has 0 bridgehead atoms. The zero-order chi connectivity index (χ0) is 9.30. The first-order valence-electron chi connectivity index (χ1n) is 2.81. The average molecular weight is 208 g/mol. The molecule has 0 radical (unpaired) electrons. The first kappa shape index (κ1) is 9.24. The van der Waals surface area contributed by atoms with Gasteiger partial charge in [0, 0.05) is 0 Å². The van der Waals surface area contributed by atoms with Crippen LogP contribution in [0.4, 0.5) is 8.78 Å². The average Bonchev–Trinajstić information content (AvgIpc) is 2.02. The second-order valence-electron chi connectivity index (χ2n) is 1.95. The summed E-state index contributed by atoms with van der Waals surface area (Å²) in [5, 5.41) is 7.57. The number of rotatable bonds is 0. The summed E-state index contributed by atoms with van der Waals surface area (Å²) < 4.78 is 25.6. The molecular formula is C7HCl2F2N. The molecule has 0 unspecified atom stereocenters. The van der Waals surface area contributed by atoms with Crippen LogP contribution >= 0.6 is 23.2 Å². The molecular weight excluding hydrogens is 207 g/mol. The van der Waals surface area contributed by atoms with Crippen molar-refractivity contribution in [2.75, 3.05) is 0 Å². The van der Waals surface area contributed by atoms with Gasteiger partial charge in [0.2, 0.25) is 0 Å². The number of benzene rings is 1. The van der Waals surface area contributed by atoms with E-state index in [1.807, 2.05) is 0 Å². The van der Waals surface area contributed by atoms with Gasteiger partial charge in [-0.25, -0.2) is 8.78 Å². The van der Waals surface area contributed by atoms with Crippen LogP contribution in [0.5, 0.6) is 0 Å². The second-order valence-corrected chi connectivity index (χ2v) is 2.77. The second kappa shape index (κ2) is 3.26. The minimum atomic E-state index is -1.08. The maximum absolute atomic E-state index is 12.8. The zero-order valence-corrected chi connectivity index (χ0v) is 7.05. The van der Waals surface area contributed by atoms with Crippen LogP contribution in [0.25, 0.3) is 0 Å². The SMILES string of the molecule is N#Cc1c(F)c(Cl)cc(Cl)c1F. The highest BCUT2D eigenvalue weighted by Gasteiger charge is 2.15. The first-order valence-corrected chi connectivity index (χ1v) is 3.56. The molecule has 0 aliphatic carbocycles. The van der Waals surface area contributed by atoms with Crippen molar-refractivity contribution in [3.63, 3.8) is 0 Å². The highest BCUT2D eigenvalue weighted by Crippen LogP contribution is 2.26. The third-order valence-corrected chi connectivity index (χ3v) is 1.77. The smallest absolute Gasteiger partial charge is 0.162 e. The summed E-state index contributed by atoms with van der Waals surface area (Å²) in [6.07, 6.45) is 0. The highest BCUT2D eigenvalue weighted by atomic mass is 35.5. The molecule has 1 aromatic carbocycles. The number of hydrogen-bond donors (Lipinski definition) is 0. The van der Waals surface area contributed by atoms with Gasteiger partial charge in [-0.15, -0.1) is 0 Å². The molecule has 1 rings (SSSR count). The summed E-state index contributed by atoms with van der Waals surface area (Å²) in [5.41, 5.74) is -0.757. The quantitative estimate of drug-likeness (QED) is 0.600. The van der Waals surface area contributed by atoms with Crippen molar-refractivity contribution >= 4 is 23.2 Å². The molecule has 1 nitrogen and oxygen atoms in total. The van der Waals surface area contributed by atoms with Crippen molar-refractivity contribution in [3.05, 3.63) is 33.3 Å². The van der Waals surface area contributed by atoms with Gasteiger partial charge in [0.05, 0.1) is 10.0 Å². The van der Waals surface area contributed by atoms with Gasteiger partial charge in [-0.3, -0.25) is 0 Å². The molecule has 0 aromatic heterocycles. The molecule has 0 aliphatic heterocycles. The lowest BCUT2D eigenvalue weighted by Crippen LogP contribution is -1.92. The van der Waals surface area contributed by atoms with Crippen LogP contribution in [0.3, 0.4) is 0 Å². The van der Waals surface area contributed by atoms with Gasteiger partial charge < -0.3 is 0 Å². The van der Waals surface area contributed by atoms with Gasteiger partial charge in [0.15, 0.2) is 11.6 Å². The third-order valence-electron chi connectivity index (χ3n) is 1.22. The molecule has 62 valence electrons. The Morgan fingerprint density at radius 2 is 1.58 bits per heavy atom. The van der Waals surface area contributed by atoms with E-state index >= 15 is 0 Å².